The van der Waals surface area contributed by atoms with E-state index in [9.17, 15) is 4.79 Å². The normalized spacial score (nSPS) is 9.64. The third kappa shape index (κ3) is 2.45. The van der Waals surface area contributed by atoms with E-state index in [0.29, 0.717) is 23.6 Å². The minimum absolute atomic E-state index is 0.0738. The first-order valence-corrected chi connectivity index (χ1v) is 4.23. The van der Waals surface area contributed by atoms with Gasteiger partial charge in [0, 0.05) is 12.5 Å². The fraction of sp³-hybridized carbons (Fsp3) is 0.400. The smallest absolute Gasteiger partial charge is 0.179 e. The molecule has 76 valence electrons. The van der Waals surface area contributed by atoms with E-state index < -0.39 is 0 Å². The number of hydrogen-bond acceptors (Lipinski definition) is 4. The lowest BCUT2D eigenvalue weighted by Gasteiger charge is -2.07. The molecule has 0 saturated heterocycles. The topological polar surface area (TPSA) is 48.4 Å². The van der Waals surface area contributed by atoms with Gasteiger partial charge in [-0.25, -0.2) is 0 Å². The van der Waals surface area contributed by atoms with Crippen molar-refractivity contribution in [2.24, 2.45) is 0 Å². The summed E-state index contributed by atoms with van der Waals surface area (Å²) in [5, 5.41) is 0. The Morgan fingerprint density at radius 2 is 2.00 bits per heavy atom. The maximum absolute atomic E-state index is 10.9. The molecule has 4 nitrogen and oxygen atoms in total. The van der Waals surface area contributed by atoms with E-state index >= 15 is 0 Å². The molecule has 0 aliphatic carbocycles. The first-order valence-electron chi connectivity index (χ1n) is 4.23. The summed E-state index contributed by atoms with van der Waals surface area (Å²) >= 11 is 0. The Kier molecular flexibility index (Phi) is 3.45. The fourth-order valence-corrected chi connectivity index (χ4v) is 1.13. The van der Waals surface area contributed by atoms with Crippen LogP contribution in [0.3, 0.4) is 0 Å². The molecule has 14 heavy (non-hydrogen) atoms. The predicted molar refractivity (Wildman–Crippen MR) is 51.7 cm³/mol. The van der Waals surface area contributed by atoms with E-state index in [4.69, 9.17) is 9.47 Å². The Labute approximate surface area is 82.9 Å². The molecular formula is C10H13NO3. The Morgan fingerprint density at radius 1 is 1.36 bits per heavy atom. The predicted octanol–water partition coefficient (Wildman–Crippen LogP) is 1.23. The Balaban J connectivity index is 2.95. The zero-order valence-electron chi connectivity index (χ0n) is 8.53. The van der Waals surface area contributed by atoms with E-state index in [2.05, 4.69) is 4.98 Å². The van der Waals surface area contributed by atoms with Gasteiger partial charge in [0.05, 0.1) is 26.1 Å². The molecule has 0 radical (unpaired) electrons. The van der Waals surface area contributed by atoms with Gasteiger partial charge in [-0.3, -0.25) is 9.78 Å². The van der Waals surface area contributed by atoms with Crippen molar-refractivity contribution in [3.05, 3.63) is 18.0 Å². The molecule has 1 aromatic rings. The van der Waals surface area contributed by atoms with Crippen LogP contribution in [0.25, 0.3) is 0 Å². The second kappa shape index (κ2) is 4.60. The van der Waals surface area contributed by atoms with Crippen molar-refractivity contribution in [1.29, 1.82) is 0 Å². The standard InChI is InChI=1S/C10H13NO3/c1-7(12)4-8-5-9(13-2)10(14-3)6-11-8/h5-6H,4H2,1-3H3. The zero-order valence-corrected chi connectivity index (χ0v) is 8.53. The summed E-state index contributed by atoms with van der Waals surface area (Å²) in [5.74, 6) is 1.24. The molecule has 0 aliphatic rings. The summed E-state index contributed by atoms with van der Waals surface area (Å²) in [6.45, 7) is 1.53. The van der Waals surface area contributed by atoms with E-state index in [-0.39, 0.29) is 5.78 Å². The third-order valence-electron chi connectivity index (χ3n) is 1.76. The maximum atomic E-state index is 10.9. The number of Topliss-reactive ketones (excluding diaryl/α,β-unsaturated/α-hetero) is 1. The van der Waals surface area contributed by atoms with Gasteiger partial charge in [0.2, 0.25) is 0 Å². The van der Waals surface area contributed by atoms with Crippen LogP contribution in [-0.2, 0) is 11.2 Å². The van der Waals surface area contributed by atoms with Crippen LogP contribution in [0.4, 0.5) is 0 Å². The monoisotopic (exact) mass is 195 g/mol. The van der Waals surface area contributed by atoms with Crippen LogP contribution >= 0.6 is 0 Å². The number of carbonyl (C=O) groups excluding carboxylic acids is 1. The van der Waals surface area contributed by atoms with Gasteiger partial charge in [0.1, 0.15) is 5.78 Å². The number of ether oxygens (including phenoxy) is 2. The number of ketones is 1. The number of hydrogen-bond donors (Lipinski definition) is 0. The minimum atomic E-state index is 0.0738. The highest BCUT2D eigenvalue weighted by Crippen LogP contribution is 2.25. The van der Waals surface area contributed by atoms with Crippen LogP contribution in [0.1, 0.15) is 12.6 Å². The molecular weight excluding hydrogens is 182 g/mol. The number of aromatic nitrogens is 1. The Bertz CT molecular complexity index is 336. The van der Waals surface area contributed by atoms with Crippen molar-refractivity contribution < 1.29 is 14.3 Å². The van der Waals surface area contributed by atoms with Crippen LogP contribution < -0.4 is 9.47 Å². The lowest BCUT2D eigenvalue weighted by atomic mass is 10.2. The number of rotatable bonds is 4. The lowest BCUT2D eigenvalue weighted by Crippen LogP contribution is -2.00. The van der Waals surface area contributed by atoms with Crippen molar-refractivity contribution in [3.63, 3.8) is 0 Å². The molecule has 0 aromatic carbocycles. The molecule has 0 amide bonds. The number of carbonyl (C=O) groups is 1. The van der Waals surface area contributed by atoms with Crippen molar-refractivity contribution in [2.45, 2.75) is 13.3 Å². The van der Waals surface area contributed by atoms with Gasteiger partial charge in [0.15, 0.2) is 11.5 Å². The van der Waals surface area contributed by atoms with Gasteiger partial charge in [-0.15, -0.1) is 0 Å². The summed E-state index contributed by atoms with van der Waals surface area (Å²) in [6.07, 6.45) is 1.87. The highest BCUT2D eigenvalue weighted by molar-refractivity contribution is 5.77. The molecule has 4 heteroatoms. The van der Waals surface area contributed by atoms with Crippen LogP contribution in [0, 0.1) is 0 Å². The summed E-state index contributed by atoms with van der Waals surface area (Å²) in [6, 6.07) is 1.71. The summed E-state index contributed by atoms with van der Waals surface area (Å²) in [5.41, 5.74) is 0.690. The van der Waals surface area contributed by atoms with Crippen molar-refractivity contribution >= 4 is 5.78 Å². The van der Waals surface area contributed by atoms with Gasteiger partial charge in [-0.05, 0) is 6.92 Å². The van der Waals surface area contributed by atoms with Crippen LogP contribution in [0.5, 0.6) is 11.5 Å². The third-order valence-corrected chi connectivity index (χ3v) is 1.76. The minimum Gasteiger partial charge on any atom is -0.493 e. The number of methoxy groups -OCH3 is 2. The van der Waals surface area contributed by atoms with E-state index in [1.165, 1.54) is 6.92 Å². The van der Waals surface area contributed by atoms with Crippen LogP contribution in [0.2, 0.25) is 0 Å². The first kappa shape index (κ1) is 10.5. The molecule has 0 unspecified atom stereocenters. The van der Waals surface area contributed by atoms with Crippen molar-refractivity contribution in [1.82, 2.24) is 4.98 Å². The summed E-state index contributed by atoms with van der Waals surface area (Å²) < 4.78 is 10.1. The second-order valence-electron chi connectivity index (χ2n) is 2.91. The van der Waals surface area contributed by atoms with Gasteiger partial charge >= 0.3 is 0 Å². The molecule has 0 atom stereocenters. The van der Waals surface area contributed by atoms with E-state index in [1.54, 1.807) is 26.5 Å². The number of pyridine rings is 1. The molecule has 0 fully saturated rings. The second-order valence-corrected chi connectivity index (χ2v) is 2.91. The van der Waals surface area contributed by atoms with Crippen molar-refractivity contribution in [3.8, 4) is 11.5 Å². The van der Waals surface area contributed by atoms with Gasteiger partial charge in [-0.2, -0.15) is 0 Å². The van der Waals surface area contributed by atoms with E-state index in [0.717, 1.165) is 0 Å². The number of nitrogens with zero attached hydrogens (tertiary/aromatic N) is 1. The Morgan fingerprint density at radius 3 is 2.50 bits per heavy atom. The molecule has 0 N–H and O–H groups in total. The highest BCUT2D eigenvalue weighted by Gasteiger charge is 2.06. The average Bonchev–Trinajstić information content (AvgIpc) is 2.16. The quantitative estimate of drug-likeness (QED) is 0.725. The van der Waals surface area contributed by atoms with E-state index in [1.807, 2.05) is 0 Å². The highest BCUT2D eigenvalue weighted by atomic mass is 16.5. The molecule has 0 spiro atoms. The van der Waals surface area contributed by atoms with Crippen LogP contribution in [0.15, 0.2) is 12.3 Å². The zero-order chi connectivity index (χ0) is 10.6. The van der Waals surface area contributed by atoms with Gasteiger partial charge < -0.3 is 9.47 Å². The van der Waals surface area contributed by atoms with Gasteiger partial charge in [0.25, 0.3) is 0 Å². The summed E-state index contributed by atoms with van der Waals surface area (Å²) in [4.78, 5) is 14.9. The Hall–Kier alpha value is -1.58. The molecule has 0 aliphatic heterocycles. The maximum Gasteiger partial charge on any atom is 0.179 e. The molecule has 1 aromatic heterocycles. The largest absolute Gasteiger partial charge is 0.493 e. The lowest BCUT2D eigenvalue weighted by molar-refractivity contribution is -0.116. The molecule has 1 heterocycles. The SMILES string of the molecule is COc1cnc(CC(C)=O)cc1OC. The van der Waals surface area contributed by atoms with Gasteiger partial charge in [-0.1, -0.05) is 0 Å². The molecule has 0 saturated carbocycles. The average molecular weight is 195 g/mol. The van der Waals surface area contributed by atoms with Crippen LogP contribution in [-0.4, -0.2) is 25.0 Å². The first-order chi connectivity index (χ1) is 6.67. The summed E-state index contributed by atoms with van der Waals surface area (Å²) in [7, 11) is 3.10. The van der Waals surface area contributed by atoms with Crippen molar-refractivity contribution in [2.75, 3.05) is 14.2 Å². The fourth-order valence-electron chi connectivity index (χ4n) is 1.13. The molecule has 1 rings (SSSR count). The molecule has 0 bridgehead atoms.